The maximum absolute atomic E-state index is 11.3. The van der Waals surface area contributed by atoms with E-state index < -0.39 is 5.60 Å². The van der Waals surface area contributed by atoms with Crippen LogP contribution in [0.5, 0.6) is 0 Å². The lowest BCUT2D eigenvalue weighted by molar-refractivity contribution is -0.133. The van der Waals surface area contributed by atoms with Crippen LogP contribution in [0.25, 0.3) is 0 Å². The Morgan fingerprint density at radius 2 is 1.80 bits per heavy atom. The lowest BCUT2D eigenvalue weighted by atomic mass is 9.59. The molecular formula is C18H30O2. The lowest BCUT2D eigenvalue weighted by Gasteiger charge is -2.49. The normalized spacial score (nSPS) is 46.1. The molecule has 0 saturated heterocycles. The standard InChI is InChI=1S/C18H30O2/c1-17-9-7-15(11-14-5-3-2-4-6-14)12-18(17,20)10-8-16(17)13-19/h13-16,20H,2-12H2,1H3/t15-,16-,17-,18+/m1/s1. The zero-order valence-electron chi connectivity index (χ0n) is 12.9. The number of carbonyl (C=O) groups excluding carboxylic acids is 1. The summed E-state index contributed by atoms with van der Waals surface area (Å²) >= 11 is 0. The second-order valence-electron chi connectivity index (χ2n) is 8.08. The first-order chi connectivity index (χ1) is 9.57. The average Bonchev–Trinajstić information content (AvgIpc) is 2.71. The van der Waals surface area contributed by atoms with Gasteiger partial charge >= 0.3 is 0 Å². The van der Waals surface area contributed by atoms with E-state index in [-0.39, 0.29) is 11.3 Å². The molecule has 0 bridgehead atoms. The molecule has 2 nitrogen and oxygen atoms in total. The minimum atomic E-state index is -0.559. The first-order valence-corrected chi connectivity index (χ1v) is 8.75. The van der Waals surface area contributed by atoms with Crippen LogP contribution in [0, 0.1) is 23.2 Å². The Morgan fingerprint density at radius 3 is 2.50 bits per heavy atom. The van der Waals surface area contributed by atoms with Crippen molar-refractivity contribution in [2.75, 3.05) is 0 Å². The van der Waals surface area contributed by atoms with Crippen molar-refractivity contribution in [2.24, 2.45) is 23.2 Å². The summed E-state index contributed by atoms with van der Waals surface area (Å²) in [7, 11) is 0. The highest BCUT2D eigenvalue weighted by Gasteiger charge is 2.58. The molecule has 3 fully saturated rings. The Balaban J connectivity index is 1.64. The van der Waals surface area contributed by atoms with Gasteiger partial charge in [0.15, 0.2) is 0 Å². The van der Waals surface area contributed by atoms with Gasteiger partial charge in [-0.2, -0.15) is 0 Å². The molecule has 0 unspecified atom stereocenters. The fraction of sp³-hybridized carbons (Fsp3) is 0.944. The van der Waals surface area contributed by atoms with E-state index >= 15 is 0 Å². The molecule has 4 atom stereocenters. The van der Waals surface area contributed by atoms with E-state index in [0.29, 0.717) is 5.92 Å². The van der Waals surface area contributed by atoms with Crippen molar-refractivity contribution in [2.45, 2.75) is 83.2 Å². The lowest BCUT2D eigenvalue weighted by Crippen LogP contribution is -2.50. The van der Waals surface area contributed by atoms with Gasteiger partial charge in [-0.25, -0.2) is 0 Å². The number of rotatable bonds is 3. The van der Waals surface area contributed by atoms with Crippen LogP contribution in [0.15, 0.2) is 0 Å². The fourth-order valence-electron chi connectivity index (χ4n) is 5.49. The third-order valence-electron chi connectivity index (χ3n) is 7.00. The van der Waals surface area contributed by atoms with Gasteiger partial charge in [0.2, 0.25) is 0 Å². The van der Waals surface area contributed by atoms with Gasteiger partial charge in [0.25, 0.3) is 0 Å². The van der Waals surface area contributed by atoms with Crippen molar-refractivity contribution in [1.29, 1.82) is 0 Å². The molecule has 2 heteroatoms. The third-order valence-corrected chi connectivity index (χ3v) is 7.00. The molecule has 0 amide bonds. The Morgan fingerprint density at radius 1 is 1.05 bits per heavy atom. The largest absolute Gasteiger partial charge is 0.389 e. The highest BCUT2D eigenvalue weighted by atomic mass is 16.3. The van der Waals surface area contributed by atoms with Gasteiger partial charge in [0.1, 0.15) is 6.29 Å². The van der Waals surface area contributed by atoms with E-state index in [4.69, 9.17) is 0 Å². The SMILES string of the molecule is C[C@]12CC[C@H](CC3CCCCC3)C[C@@]1(O)CC[C@@H]2C=O. The summed E-state index contributed by atoms with van der Waals surface area (Å²) in [6, 6.07) is 0. The van der Waals surface area contributed by atoms with Crippen LogP contribution < -0.4 is 0 Å². The van der Waals surface area contributed by atoms with Crippen LogP contribution in [0.4, 0.5) is 0 Å². The van der Waals surface area contributed by atoms with Crippen molar-refractivity contribution in [3.63, 3.8) is 0 Å². The second-order valence-corrected chi connectivity index (χ2v) is 8.08. The average molecular weight is 278 g/mol. The van der Waals surface area contributed by atoms with Crippen molar-refractivity contribution >= 4 is 6.29 Å². The molecule has 0 aromatic heterocycles. The number of hydrogen-bond donors (Lipinski definition) is 1. The van der Waals surface area contributed by atoms with E-state index in [0.717, 1.165) is 37.9 Å². The summed E-state index contributed by atoms with van der Waals surface area (Å²) in [6.45, 7) is 2.16. The van der Waals surface area contributed by atoms with E-state index in [2.05, 4.69) is 6.92 Å². The van der Waals surface area contributed by atoms with E-state index in [1.165, 1.54) is 44.9 Å². The molecule has 3 aliphatic rings. The molecule has 1 N–H and O–H groups in total. The Bertz CT molecular complexity index is 360. The number of fused-ring (bicyclic) bond motifs is 1. The van der Waals surface area contributed by atoms with E-state index in [1.807, 2.05) is 0 Å². The minimum absolute atomic E-state index is 0.0862. The molecule has 3 saturated carbocycles. The van der Waals surface area contributed by atoms with Crippen molar-refractivity contribution < 1.29 is 9.90 Å². The molecule has 20 heavy (non-hydrogen) atoms. The molecule has 0 aromatic rings. The van der Waals surface area contributed by atoms with Crippen molar-refractivity contribution in [3.8, 4) is 0 Å². The van der Waals surface area contributed by atoms with Crippen molar-refractivity contribution in [3.05, 3.63) is 0 Å². The zero-order valence-corrected chi connectivity index (χ0v) is 12.9. The van der Waals surface area contributed by atoms with Gasteiger partial charge in [0.05, 0.1) is 5.60 Å². The molecule has 3 rings (SSSR count). The third kappa shape index (κ3) is 2.34. The summed E-state index contributed by atoms with van der Waals surface area (Å²) in [5.74, 6) is 1.69. The smallest absolute Gasteiger partial charge is 0.123 e. The summed E-state index contributed by atoms with van der Waals surface area (Å²) in [5, 5.41) is 11.1. The minimum Gasteiger partial charge on any atom is -0.389 e. The van der Waals surface area contributed by atoms with Crippen LogP contribution in [-0.2, 0) is 4.79 Å². The van der Waals surface area contributed by atoms with E-state index in [9.17, 15) is 9.90 Å². The fourth-order valence-corrected chi connectivity index (χ4v) is 5.49. The van der Waals surface area contributed by atoms with E-state index in [1.54, 1.807) is 0 Å². The van der Waals surface area contributed by atoms with Gasteiger partial charge in [0, 0.05) is 11.3 Å². The molecule has 0 aromatic carbocycles. The van der Waals surface area contributed by atoms with Gasteiger partial charge in [-0.05, 0) is 50.4 Å². The molecule has 0 spiro atoms. The summed E-state index contributed by atoms with van der Waals surface area (Å²) in [5.41, 5.74) is -0.700. The first kappa shape index (κ1) is 14.6. The van der Waals surface area contributed by atoms with Gasteiger partial charge in [-0.1, -0.05) is 39.0 Å². The topological polar surface area (TPSA) is 37.3 Å². The monoisotopic (exact) mass is 278 g/mol. The molecule has 0 radical (unpaired) electrons. The Kier molecular flexibility index (Phi) is 3.96. The van der Waals surface area contributed by atoms with Crippen LogP contribution >= 0.6 is 0 Å². The predicted molar refractivity (Wildman–Crippen MR) is 80.4 cm³/mol. The highest BCUT2D eigenvalue weighted by molar-refractivity contribution is 5.57. The number of hydrogen-bond acceptors (Lipinski definition) is 2. The molecule has 0 aliphatic heterocycles. The summed E-state index contributed by atoms with van der Waals surface area (Å²) in [6.07, 6.45) is 14.4. The van der Waals surface area contributed by atoms with Gasteiger partial charge in [-0.15, -0.1) is 0 Å². The number of aldehydes is 1. The number of aliphatic hydroxyl groups is 1. The Hall–Kier alpha value is -0.370. The van der Waals surface area contributed by atoms with Gasteiger partial charge in [-0.3, -0.25) is 0 Å². The van der Waals surface area contributed by atoms with Crippen LogP contribution in [0.1, 0.15) is 77.6 Å². The summed E-state index contributed by atoms with van der Waals surface area (Å²) < 4.78 is 0. The maximum atomic E-state index is 11.3. The number of carbonyl (C=O) groups is 1. The maximum Gasteiger partial charge on any atom is 0.123 e. The van der Waals surface area contributed by atoms with Crippen molar-refractivity contribution in [1.82, 2.24) is 0 Å². The molecule has 0 heterocycles. The Labute approximate surface area is 123 Å². The quantitative estimate of drug-likeness (QED) is 0.789. The molecule has 3 aliphatic carbocycles. The molecular weight excluding hydrogens is 248 g/mol. The van der Waals surface area contributed by atoms with Crippen LogP contribution in [-0.4, -0.2) is 17.0 Å². The second kappa shape index (κ2) is 5.44. The summed E-state index contributed by atoms with van der Waals surface area (Å²) in [4.78, 5) is 11.3. The predicted octanol–water partition coefficient (Wildman–Crippen LogP) is 4.10. The van der Waals surface area contributed by atoms with Gasteiger partial charge < -0.3 is 9.90 Å². The van der Waals surface area contributed by atoms with Crippen LogP contribution in [0.2, 0.25) is 0 Å². The zero-order chi connectivity index (χ0) is 14.2. The van der Waals surface area contributed by atoms with Crippen LogP contribution in [0.3, 0.4) is 0 Å². The molecule has 114 valence electrons. The first-order valence-electron chi connectivity index (χ1n) is 8.75. The highest BCUT2D eigenvalue weighted by Crippen LogP contribution is 2.59.